The van der Waals surface area contributed by atoms with Crippen molar-refractivity contribution in [1.29, 1.82) is 0 Å². The van der Waals surface area contributed by atoms with E-state index in [1.807, 2.05) is 0 Å². The number of rotatable bonds is 3. The molecule has 20 heavy (non-hydrogen) atoms. The number of halogens is 4. The smallest absolute Gasteiger partial charge is 0.272 e. The van der Waals surface area contributed by atoms with Gasteiger partial charge in [-0.2, -0.15) is 0 Å². The lowest BCUT2D eigenvalue weighted by Crippen LogP contribution is -1.93. The van der Waals surface area contributed by atoms with E-state index in [0.717, 1.165) is 16.6 Å². The summed E-state index contributed by atoms with van der Waals surface area (Å²) in [5.74, 6) is 0.348. The lowest BCUT2D eigenvalue weighted by molar-refractivity contribution is -0.384. The molecule has 0 aliphatic heterocycles. The summed E-state index contributed by atoms with van der Waals surface area (Å²) in [7, 11) is 0. The number of pyridine rings is 1. The zero-order valence-corrected chi connectivity index (χ0v) is 14.1. The van der Waals surface area contributed by atoms with E-state index in [2.05, 4.69) is 36.8 Å². The lowest BCUT2D eigenvalue weighted by Gasteiger charge is -2.10. The maximum Gasteiger partial charge on any atom is 0.272 e. The number of aromatic nitrogens is 1. The number of nitrogens with zero attached hydrogens (tertiary/aromatic N) is 2. The van der Waals surface area contributed by atoms with Crippen molar-refractivity contribution in [1.82, 2.24) is 4.98 Å². The standard InChI is InChI=1S/C11H4Br2Cl2N2O3/c12-5-1-7(13)11(16-4-5)20-10-8(14)2-6(17(18)19)3-9(10)15/h1-4H. The van der Waals surface area contributed by atoms with Crippen LogP contribution < -0.4 is 4.74 Å². The van der Waals surface area contributed by atoms with Crippen molar-refractivity contribution in [2.45, 2.75) is 0 Å². The van der Waals surface area contributed by atoms with Crippen LogP contribution in [-0.2, 0) is 0 Å². The highest BCUT2D eigenvalue weighted by Crippen LogP contribution is 2.40. The Labute approximate surface area is 140 Å². The summed E-state index contributed by atoms with van der Waals surface area (Å²) in [6.07, 6.45) is 1.54. The predicted molar refractivity (Wildman–Crippen MR) is 82.8 cm³/mol. The first-order valence-electron chi connectivity index (χ1n) is 5.01. The van der Waals surface area contributed by atoms with Gasteiger partial charge >= 0.3 is 0 Å². The molecule has 0 saturated heterocycles. The van der Waals surface area contributed by atoms with Gasteiger partial charge in [-0.15, -0.1) is 0 Å². The fourth-order valence-electron chi connectivity index (χ4n) is 1.32. The summed E-state index contributed by atoms with van der Waals surface area (Å²) in [6, 6.07) is 4.06. The SMILES string of the molecule is O=[N+]([O-])c1cc(Cl)c(Oc2ncc(Br)cc2Br)c(Cl)c1. The van der Waals surface area contributed by atoms with Crippen molar-refractivity contribution in [3.05, 3.63) is 53.5 Å². The average Bonchev–Trinajstić information content (AvgIpc) is 2.35. The highest BCUT2D eigenvalue weighted by atomic mass is 79.9. The van der Waals surface area contributed by atoms with Crippen molar-refractivity contribution >= 4 is 60.7 Å². The Morgan fingerprint density at radius 1 is 1.20 bits per heavy atom. The largest absolute Gasteiger partial charge is 0.435 e. The van der Waals surface area contributed by atoms with Gasteiger partial charge < -0.3 is 4.74 Å². The van der Waals surface area contributed by atoms with Crippen molar-refractivity contribution in [3.8, 4) is 11.6 Å². The van der Waals surface area contributed by atoms with Gasteiger partial charge in [0.25, 0.3) is 5.69 Å². The molecule has 0 fully saturated rings. The topological polar surface area (TPSA) is 65.3 Å². The van der Waals surface area contributed by atoms with Gasteiger partial charge in [0.1, 0.15) is 0 Å². The third kappa shape index (κ3) is 3.41. The Morgan fingerprint density at radius 3 is 2.30 bits per heavy atom. The highest BCUT2D eigenvalue weighted by Gasteiger charge is 2.17. The van der Waals surface area contributed by atoms with Crippen LogP contribution in [-0.4, -0.2) is 9.91 Å². The number of hydrogen-bond donors (Lipinski definition) is 0. The molecule has 0 amide bonds. The molecule has 0 unspecified atom stereocenters. The third-order valence-electron chi connectivity index (χ3n) is 2.17. The van der Waals surface area contributed by atoms with E-state index in [1.165, 1.54) is 6.20 Å². The van der Waals surface area contributed by atoms with E-state index in [9.17, 15) is 10.1 Å². The summed E-state index contributed by atoms with van der Waals surface area (Å²) in [6.45, 7) is 0. The van der Waals surface area contributed by atoms with Gasteiger partial charge in [0, 0.05) is 22.8 Å². The maximum atomic E-state index is 10.7. The highest BCUT2D eigenvalue weighted by molar-refractivity contribution is 9.11. The third-order valence-corrected chi connectivity index (χ3v) is 3.73. The van der Waals surface area contributed by atoms with Gasteiger partial charge in [0.15, 0.2) is 5.75 Å². The fourth-order valence-corrected chi connectivity index (χ4v) is 2.94. The van der Waals surface area contributed by atoms with E-state index in [4.69, 9.17) is 27.9 Å². The Balaban J connectivity index is 2.41. The molecule has 0 aliphatic carbocycles. The van der Waals surface area contributed by atoms with Gasteiger partial charge in [-0.25, -0.2) is 4.98 Å². The molecule has 0 aliphatic rings. The molecule has 1 heterocycles. The second kappa shape index (κ2) is 6.26. The Kier molecular flexibility index (Phi) is 4.85. The number of non-ortho nitro benzene ring substituents is 1. The molecule has 9 heteroatoms. The van der Waals surface area contributed by atoms with Crippen molar-refractivity contribution in [2.24, 2.45) is 0 Å². The second-order valence-corrected chi connectivity index (χ2v) is 6.12. The monoisotopic (exact) mass is 440 g/mol. The van der Waals surface area contributed by atoms with Gasteiger partial charge in [-0.1, -0.05) is 23.2 Å². The summed E-state index contributed by atoms with van der Waals surface area (Å²) in [5.41, 5.74) is -0.213. The van der Waals surface area contributed by atoms with Crippen LogP contribution in [0.15, 0.2) is 33.3 Å². The number of nitro benzene ring substituents is 1. The van der Waals surface area contributed by atoms with E-state index in [0.29, 0.717) is 4.47 Å². The van der Waals surface area contributed by atoms with Gasteiger partial charge in [-0.05, 0) is 37.9 Å². The zero-order valence-electron chi connectivity index (χ0n) is 9.44. The lowest BCUT2D eigenvalue weighted by atomic mass is 10.3. The Hall–Kier alpha value is -0.890. The Morgan fingerprint density at radius 2 is 1.80 bits per heavy atom. The normalized spacial score (nSPS) is 10.4. The van der Waals surface area contributed by atoms with E-state index < -0.39 is 4.92 Å². The molecule has 1 aromatic heterocycles. The first-order valence-corrected chi connectivity index (χ1v) is 7.35. The molecule has 0 atom stereocenters. The first kappa shape index (κ1) is 15.5. The van der Waals surface area contributed by atoms with Crippen LogP contribution >= 0.6 is 55.1 Å². The van der Waals surface area contributed by atoms with Crippen molar-refractivity contribution in [2.75, 3.05) is 0 Å². The molecule has 104 valence electrons. The molecule has 1 aromatic carbocycles. The minimum Gasteiger partial charge on any atom is -0.435 e. The van der Waals surface area contributed by atoms with Crippen LogP contribution in [0.2, 0.25) is 10.0 Å². The minimum absolute atomic E-state index is 0.0285. The second-order valence-electron chi connectivity index (χ2n) is 3.54. The van der Waals surface area contributed by atoms with E-state index in [-0.39, 0.29) is 27.4 Å². The molecular formula is C11H4Br2Cl2N2O3. The number of nitro groups is 1. The number of hydrogen-bond acceptors (Lipinski definition) is 4. The van der Waals surface area contributed by atoms with Crippen LogP contribution in [0.1, 0.15) is 0 Å². The molecule has 0 radical (unpaired) electrons. The molecule has 5 nitrogen and oxygen atoms in total. The van der Waals surface area contributed by atoms with Crippen LogP contribution in [0.4, 0.5) is 5.69 Å². The first-order chi connectivity index (χ1) is 9.38. The van der Waals surface area contributed by atoms with Crippen molar-refractivity contribution < 1.29 is 9.66 Å². The average molecular weight is 443 g/mol. The van der Waals surface area contributed by atoms with Crippen LogP contribution in [0.3, 0.4) is 0 Å². The molecule has 0 N–H and O–H groups in total. The summed E-state index contributed by atoms with van der Waals surface area (Å²) >= 11 is 18.4. The molecule has 2 aromatic rings. The zero-order chi connectivity index (χ0) is 14.9. The quantitative estimate of drug-likeness (QED) is 0.457. The number of ether oxygens (including phenoxy) is 1. The van der Waals surface area contributed by atoms with E-state index >= 15 is 0 Å². The molecular weight excluding hydrogens is 439 g/mol. The van der Waals surface area contributed by atoms with Crippen LogP contribution in [0, 0.1) is 10.1 Å². The van der Waals surface area contributed by atoms with Crippen molar-refractivity contribution in [3.63, 3.8) is 0 Å². The molecule has 0 bridgehead atoms. The molecule has 0 spiro atoms. The predicted octanol–water partition coefficient (Wildman–Crippen LogP) is 5.61. The minimum atomic E-state index is -0.588. The molecule has 0 saturated carbocycles. The maximum absolute atomic E-state index is 10.7. The van der Waals surface area contributed by atoms with Crippen LogP contribution in [0.5, 0.6) is 11.6 Å². The van der Waals surface area contributed by atoms with Crippen LogP contribution in [0.25, 0.3) is 0 Å². The van der Waals surface area contributed by atoms with Gasteiger partial charge in [0.2, 0.25) is 5.88 Å². The summed E-state index contributed by atoms with van der Waals surface area (Å²) in [5, 5.41) is 10.7. The summed E-state index contributed by atoms with van der Waals surface area (Å²) in [4.78, 5) is 14.1. The van der Waals surface area contributed by atoms with Gasteiger partial charge in [-0.3, -0.25) is 10.1 Å². The Bertz CT molecular complexity index is 674. The fraction of sp³-hybridized carbons (Fsp3) is 0. The number of benzene rings is 1. The van der Waals surface area contributed by atoms with E-state index in [1.54, 1.807) is 6.07 Å². The van der Waals surface area contributed by atoms with Gasteiger partial charge in [0.05, 0.1) is 19.4 Å². The summed E-state index contributed by atoms with van der Waals surface area (Å²) < 4.78 is 6.84. The molecule has 2 rings (SSSR count).